The Kier molecular flexibility index (Phi) is 6.15. The Hall–Kier alpha value is -1.26. The first-order valence-corrected chi connectivity index (χ1v) is 7.45. The van der Waals surface area contributed by atoms with Gasteiger partial charge in [-0.05, 0) is 50.2 Å². The topological polar surface area (TPSA) is 41.9 Å². The van der Waals surface area contributed by atoms with E-state index < -0.39 is 6.10 Å². The highest BCUT2D eigenvalue weighted by Crippen LogP contribution is 2.17. The van der Waals surface area contributed by atoms with Gasteiger partial charge in [-0.2, -0.15) is 0 Å². The Morgan fingerprint density at radius 3 is 2.25 bits per heavy atom. The normalized spacial score (nSPS) is 18.3. The average Bonchev–Trinajstić information content (AvgIpc) is 2.74. The van der Waals surface area contributed by atoms with Gasteiger partial charge in [-0.3, -0.25) is 0 Å². The monoisotopic (exact) mass is 279 g/mol. The van der Waals surface area contributed by atoms with Gasteiger partial charge in [0, 0.05) is 6.54 Å². The lowest BCUT2D eigenvalue weighted by Gasteiger charge is -2.23. The van der Waals surface area contributed by atoms with Crippen LogP contribution in [-0.4, -0.2) is 49.5 Å². The number of β-amino-alcohol motifs (C(OH)–C–C–N with tert-alkyl or cyclic N) is 1. The fourth-order valence-corrected chi connectivity index (χ4v) is 2.53. The molecule has 1 aromatic carbocycles. The van der Waals surface area contributed by atoms with E-state index in [0.717, 1.165) is 24.6 Å². The molecule has 0 spiro atoms. The Morgan fingerprint density at radius 1 is 1.05 bits per heavy atom. The fraction of sp³-hybridized carbons (Fsp3) is 0.625. The minimum Gasteiger partial charge on any atom is -0.497 e. The van der Waals surface area contributed by atoms with Gasteiger partial charge >= 0.3 is 0 Å². The summed E-state index contributed by atoms with van der Waals surface area (Å²) >= 11 is 0. The molecule has 0 aliphatic carbocycles. The third kappa shape index (κ3) is 5.02. The van der Waals surface area contributed by atoms with Crippen LogP contribution in [0.2, 0.25) is 0 Å². The van der Waals surface area contributed by atoms with E-state index in [1.54, 1.807) is 7.11 Å². The van der Waals surface area contributed by atoms with Crippen molar-refractivity contribution in [2.45, 2.75) is 31.8 Å². The Morgan fingerprint density at radius 2 is 1.65 bits per heavy atom. The number of ether oxygens (including phenoxy) is 2. The van der Waals surface area contributed by atoms with E-state index in [0.29, 0.717) is 13.2 Å². The summed E-state index contributed by atoms with van der Waals surface area (Å²) in [6.45, 7) is 3.23. The molecule has 1 aliphatic heterocycles. The van der Waals surface area contributed by atoms with Gasteiger partial charge in [-0.15, -0.1) is 0 Å². The van der Waals surface area contributed by atoms with E-state index in [2.05, 4.69) is 4.90 Å². The molecule has 1 N–H and O–H groups in total. The van der Waals surface area contributed by atoms with Crippen LogP contribution in [0.1, 0.15) is 25.7 Å². The third-order valence-corrected chi connectivity index (χ3v) is 3.67. The molecule has 0 radical (unpaired) electrons. The van der Waals surface area contributed by atoms with Crippen LogP contribution in [0.5, 0.6) is 11.5 Å². The molecule has 0 aromatic heterocycles. The van der Waals surface area contributed by atoms with Gasteiger partial charge in [0.05, 0.1) is 7.11 Å². The van der Waals surface area contributed by atoms with Crippen molar-refractivity contribution in [2.75, 3.05) is 33.4 Å². The molecule has 0 unspecified atom stereocenters. The zero-order chi connectivity index (χ0) is 14.2. The number of rotatable bonds is 6. The van der Waals surface area contributed by atoms with Crippen molar-refractivity contribution in [3.63, 3.8) is 0 Å². The molecule has 4 heteroatoms. The minimum absolute atomic E-state index is 0.336. The highest BCUT2D eigenvalue weighted by atomic mass is 16.5. The molecule has 1 aromatic rings. The molecule has 0 amide bonds. The average molecular weight is 279 g/mol. The van der Waals surface area contributed by atoms with Crippen LogP contribution in [0, 0.1) is 0 Å². The van der Waals surface area contributed by atoms with Gasteiger partial charge in [-0.1, -0.05) is 12.8 Å². The second-order valence-corrected chi connectivity index (χ2v) is 5.36. The number of benzene rings is 1. The predicted octanol–water partition coefficient (Wildman–Crippen LogP) is 2.31. The van der Waals surface area contributed by atoms with Crippen molar-refractivity contribution in [1.29, 1.82) is 0 Å². The van der Waals surface area contributed by atoms with E-state index in [1.807, 2.05) is 24.3 Å². The van der Waals surface area contributed by atoms with Gasteiger partial charge in [0.15, 0.2) is 0 Å². The zero-order valence-corrected chi connectivity index (χ0v) is 12.3. The Labute approximate surface area is 121 Å². The van der Waals surface area contributed by atoms with Crippen molar-refractivity contribution in [3.05, 3.63) is 24.3 Å². The third-order valence-electron chi connectivity index (χ3n) is 3.67. The highest BCUT2D eigenvalue weighted by Gasteiger charge is 2.14. The minimum atomic E-state index is -0.435. The molecule has 20 heavy (non-hydrogen) atoms. The van der Waals surface area contributed by atoms with E-state index in [9.17, 15) is 5.11 Å². The molecule has 4 nitrogen and oxygen atoms in total. The standard InChI is InChI=1S/C16H25NO3/c1-19-15-6-8-16(9-7-15)20-13-14(18)12-17-10-4-2-3-5-11-17/h6-9,14,18H,2-5,10-13H2,1H3/t14-/m0/s1. The first-order chi connectivity index (χ1) is 9.78. The smallest absolute Gasteiger partial charge is 0.119 e. The van der Waals surface area contributed by atoms with E-state index in [4.69, 9.17) is 9.47 Å². The SMILES string of the molecule is COc1ccc(OC[C@@H](O)CN2CCCCCC2)cc1. The zero-order valence-electron chi connectivity index (χ0n) is 12.3. The van der Waals surface area contributed by atoms with Crippen LogP contribution in [-0.2, 0) is 0 Å². The Balaban J connectivity index is 1.71. The summed E-state index contributed by atoms with van der Waals surface area (Å²) in [5, 5.41) is 10.1. The van der Waals surface area contributed by atoms with Crippen LogP contribution in [0.4, 0.5) is 0 Å². The number of nitrogens with zero attached hydrogens (tertiary/aromatic N) is 1. The number of likely N-dealkylation sites (tertiary alicyclic amines) is 1. The molecule has 0 saturated carbocycles. The number of aliphatic hydroxyl groups is 1. The van der Waals surface area contributed by atoms with E-state index >= 15 is 0 Å². The molecular formula is C16H25NO3. The van der Waals surface area contributed by atoms with Crippen LogP contribution in [0.15, 0.2) is 24.3 Å². The molecule has 1 saturated heterocycles. The lowest BCUT2D eigenvalue weighted by molar-refractivity contribution is 0.0693. The van der Waals surface area contributed by atoms with Gasteiger partial charge in [0.1, 0.15) is 24.2 Å². The van der Waals surface area contributed by atoms with Gasteiger partial charge in [0.2, 0.25) is 0 Å². The molecule has 1 atom stereocenters. The molecular weight excluding hydrogens is 254 g/mol. The van der Waals surface area contributed by atoms with Crippen molar-refractivity contribution in [1.82, 2.24) is 4.90 Å². The summed E-state index contributed by atoms with van der Waals surface area (Å²) in [5.41, 5.74) is 0. The molecule has 112 valence electrons. The summed E-state index contributed by atoms with van der Waals surface area (Å²) in [6, 6.07) is 7.43. The largest absolute Gasteiger partial charge is 0.497 e. The molecule has 1 fully saturated rings. The van der Waals surface area contributed by atoms with E-state index in [-0.39, 0.29) is 0 Å². The molecule has 0 bridgehead atoms. The van der Waals surface area contributed by atoms with Gasteiger partial charge < -0.3 is 19.5 Å². The highest BCUT2D eigenvalue weighted by molar-refractivity contribution is 5.31. The molecule has 1 aliphatic rings. The lowest BCUT2D eigenvalue weighted by Crippen LogP contribution is -2.36. The van der Waals surface area contributed by atoms with Crippen LogP contribution in [0.25, 0.3) is 0 Å². The van der Waals surface area contributed by atoms with Crippen LogP contribution >= 0.6 is 0 Å². The number of hydrogen-bond donors (Lipinski definition) is 1. The summed E-state index contributed by atoms with van der Waals surface area (Å²) in [7, 11) is 1.64. The molecule has 2 rings (SSSR count). The van der Waals surface area contributed by atoms with Crippen LogP contribution < -0.4 is 9.47 Å². The second-order valence-electron chi connectivity index (χ2n) is 5.36. The van der Waals surface area contributed by atoms with Crippen molar-refractivity contribution >= 4 is 0 Å². The number of methoxy groups -OCH3 is 1. The van der Waals surface area contributed by atoms with Gasteiger partial charge in [-0.25, -0.2) is 0 Å². The summed E-state index contributed by atoms with van der Waals surface area (Å²) < 4.78 is 10.7. The van der Waals surface area contributed by atoms with E-state index in [1.165, 1.54) is 25.7 Å². The fourth-order valence-electron chi connectivity index (χ4n) is 2.53. The van der Waals surface area contributed by atoms with Gasteiger partial charge in [0.25, 0.3) is 0 Å². The maximum atomic E-state index is 10.1. The second kappa shape index (κ2) is 8.12. The van der Waals surface area contributed by atoms with Crippen molar-refractivity contribution < 1.29 is 14.6 Å². The summed E-state index contributed by atoms with van der Waals surface area (Å²) in [5.74, 6) is 1.57. The number of aliphatic hydroxyl groups excluding tert-OH is 1. The first-order valence-electron chi connectivity index (χ1n) is 7.45. The lowest BCUT2D eigenvalue weighted by atomic mass is 10.2. The summed E-state index contributed by atoms with van der Waals surface area (Å²) in [6.07, 6.45) is 4.68. The molecule has 1 heterocycles. The van der Waals surface area contributed by atoms with Crippen LogP contribution in [0.3, 0.4) is 0 Å². The summed E-state index contributed by atoms with van der Waals surface area (Å²) in [4.78, 5) is 2.34. The quantitative estimate of drug-likeness (QED) is 0.867. The van der Waals surface area contributed by atoms with Crippen molar-refractivity contribution in [2.24, 2.45) is 0 Å². The maximum Gasteiger partial charge on any atom is 0.119 e. The number of hydrogen-bond acceptors (Lipinski definition) is 4. The predicted molar refractivity (Wildman–Crippen MR) is 79.4 cm³/mol. The van der Waals surface area contributed by atoms with Crippen molar-refractivity contribution in [3.8, 4) is 11.5 Å². The first kappa shape index (κ1) is 15.1. The maximum absolute atomic E-state index is 10.1. The Bertz CT molecular complexity index is 372.